The van der Waals surface area contributed by atoms with Gasteiger partial charge in [-0.3, -0.25) is 0 Å². The van der Waals surface area contributed by atoms with Crippen molar-refractivity contribution in [3.63, 3.8) is 0 Å². The minimum absolute atomic E-state index is 0.00100. The highest BCUT2D eigenvalue weighted by molar-refractivity contribution is 7.09. The number of piperazine rings is 1. The van der Waals surface area contributed by atoms with Gasteiger partial charge in [0.05, 0.1) is 33.4 Å². The van der Waals surface area contributed by atoms with Crippen molar-refractivity contribution in [2.75, 3.05) is 47.4 Å². The van der Waals surface area contributed by atoms with E-state index in [9.17, 15) is 0 Å². The van der Waals surface area contributed by atoms with E-state index in [1.807, 2.05) is 16.8 Å². The number of benzene rings is 1. The Morgan fingerprint density at radius 1 is 1.14 bits per heavy atom. The van der Waals surface area contributed by atoms with Gasteiger partial charge in [0.15, 0.2) is 6.04 Å². The molecule has 3 aromatic rings. The number of quaternary nitrogens is 2. The summed E-state index contributed by atoms with van der Waals surface area (Å²) in [5.74, 6) is 2.45. The van der Waals surface area contributed by atoms with Gasteiger partial charge in [-0.25, -0.2) is 4.68 Å². The Balaban J connectivity index is 1.75. The summed E-state index contributed by atoms with van der Waals surface area (Å²) in [5, 5.41) is 14.9. The molecule has 1 atom stereocenters. The molecule has 1 fully saturated rings. The summed E-state index contributed by atoms with van der Waals surface area (Å²) in [5.41, 5.74) is 1.09. The lowest BCUT2D eigenvalue weighted by atomic mass is 10.0. The first-order valence-electron chi connectivity index (χ1n) is 9.86. The molecule has 29 heavy (non-hydrogen) atoms. The fraction of sp³-hybridized carbons (Fsp3) is 0.450. The zero-order chi connectivity index (χ0) is 20.2. The highest BCUT2D eigenvalue weighted by atomic mass is 32.1. The molecule has 154 valence electrons. The highest BCUT2D eigenvalue weighted by Gasteiger charge is 2.36. The van der Waals surface area contributed by atoms with Gasteiger partial charge in [-0.15, -0.1) is 16.4 Å². The molecule has 9 heteroatoms. The number of likely N-dealkylation sites (N-methyl/N-ethyl adjacent to an activating group) is 1. The SMILES string of the molecule is COc1ccc([C@@H](c2nnnn2Cc2cccs2)[NH+]2CC[NH+](C)CC2)c(OC)c1. The van der Waals surface area contributed by atoms with E-state index in [2.05, 4.69) is 46.2 Å². The number of hydrogen-bond donors (Lipinski definition) is 2. The summed E-state index contributed by atoms with van der Waals surface area (Å²) in [7, 11) is 5.62. The molecule has 1 aliphatic heterocycles. The minimum Gasteiger partial charge on any atom is -0.497 e. The van der Waals surface area contributed by atoms with E-state index < -0.39 is 0 Å². The standard InChI is InChI=1S/C20H26N6O2S/c1-24-8-10-25(11-9-24)19(17-7-6-15(27-2)13-18(17)28-3)20-21-22-23-26(20)14-16-5-4-12-29-16/h4-7,12-13,19H,8-11,14H2,1-3H3/p+2/t19-/m0/s1. The molecule has 2 N–H and O–H groups in total. The second kappa shape index (κ2) is 8.89. The molecule has 0 aliphatic carbocycles. The molecule has 0 saturated carbocycles. The molecule has 0 amide bonds. The summed E-state index contributed by atoms with van der Waals surface area (Å²) >= 11 is 1.72. The van der Waals surface area contributed by atoms with Crippen molar-refractivity contribution in [1.29, 1.82) is 0 Å². The van der Waals surface area contributed by atoms with Gasteiger partial charge in [-0.2, -0.15) is 0 Å². The van der Waals surface area contributed by atoms with Gasteiger partial charge in [-0.1, -0.05) is 6.07 Å². The van der Waals surface area contributed by atoms with E-state index in [0.29, 0.717) is 6.54 Å². The lowest BCUT2D eigenvalue weighted by Crippen LogP contribution is -3.27. The number of rotatable bonds is 7. The molecule has 0 unspecified atom stereocenters. The van der Waals surface area contributed by atoms with Crippen LogP contribution < -0.4 is 19.3 Å². The molecule has 2 aromatic heterocycles. The van der Waals surface area contributed by atoms with Gasteiger partial charge >= 0.3 is 0 Å². The Labute approximate surface area is 174 Å². The van der Waals surface area contributed by atoms with E-state index in [1.165, 1.54) is 9.78 Å². The van der Waals surface area contributed by atoms with Crippen molar-refractivity contribution in [3.8, 4) is 11.5 Å². The van der Waals surface area contributed by atoms with Gasteiger partial charge < -0.3 is 19.3 Å². The van der Waals surface area contributed by atoms with Gasteiger partial charge in [0.2, 0.25) is 5.82 Å². The Kier molecular flexibility index (Phi) is 6.08. The molecular weight excluding hydrogens is 388 g/mol. The smallest absolute Gasteiger partial charge is 0.214 e. The fourth-order valence-electron chi connectivity index (χ4n) is 3.97. The number of nitrogens with one attached hydrogen (secondary N) is 2. The maximum absolute atomic E-state index is 5.75. The van der Waals surface area contributed by atoms with Crippen LogP contribution in [0.2, 0.25) is 0 Å². The van der Waals surface area contributed by atoms with Crippen molar-refractivity contribution >= 4 is 11.3 Å². The number of nitrogens with zero attached hydrogens (tertiary/aromatic N) is 4. The molecule has 8 nitrogen and oxygen atoms in total. The van der Waals surface area contributed by atoms with Crippen LogP contribution in [0.5, 0.6) is 11.5 Å². The normalized spacial score (nSPS) is 20.4. The number of methoxy groups -OCH3 is 2. The molecule has 0 spiro atoms. The average molecular weight is 417 g/mol. The monoisotopic (exact) mass is 416 g/mol. The van der Waals surface area contributed by atoms with Crippen LogP contribution in [0.15, 0.2) is 35.7 Å². The van der Waals surface area contributed by atoms with E-state index >= 15 is 0 Å². The predicted molar refractivity (Wildman–Crippen MR) is 110 cm³/mol. The quantitative estimate of drug-likeness (QED) is 0.533. The van der Waals surface area contributed by atoms with Crippen LogP contribution in [-0.2, 0) is 6.54 Å². The predicted octanol–water partition coefficient (Wildman–Crippen LogP) is -0.697. The Bertz CT molecular complexity index is 921. The molecule has 0 bridgehead atoms. The van der Waals surface area contributed by atoms with Crippen LogP contribution in [0.4, 0.5) is 0 Å². The first-order valence-corrected chi connectivity index (χ1v) is 10.7. The number of aromatic nitrogens is 4. The Morgan fingerprint density at radius 2 is 1.97 bits per heavy atom. The van der Waals surface area contributed by atoms with Crippen molar-refractivity contribution in [1.82, 2.24) is 20.2 Å². The summed E-state index contributed by atoms with van der Waals surface area (Å²) in [6.07, 6.45) is 0. The van der Waals surface area contributed by atoms with E-state index in [4.69, 9.17) is 9.47 Å². The number of ether oxygens (including phenoxy) is 2. The molecule has 3 heterocycles. The molecule has 1 aromatic carbocycles. The minimum atomic E-state index is -0.00100. The first-order chi connectivity index (χ1) is 14.2. The maximum atomic E-state index is 5.75. The molecular formula is C20H28N6O2S+2. The van der Waals surface area contributed by atoms with Crippen LogP contribution in [0.1, 0.15) is 22.3 Å². The van der Waals surface area contributed by atoms with E-state index in [-0.39, 0.29) is 6.04 Å². The maximum Gasteiger partial charge on any atom is 0.214 e. The number of hydrogen-bond acceptors (Lipinski definition) is 6. The molecule has 0 radical (unpaired) electrons. The third-order valence-electron chi connectivity index (χ3n) is 5.61. The number of tetrazole rings is 1. The topological polar surface area (TPSA) is 70.9 Å². The lowest BCUT2D eigenvalue weighted by molar-refractivity contribution is -1.02. The third kappa shape index (κ3) is 4.26. The van der Waals surface area contributed by atoms with Crippen LogP contribution >= 0.6 is 11.3 Å². The Morgan fingerprint density at radius 3 is 2.66 bits per heavy atom. The summed E-state index contributed by atoms with van der Waals surface area (Å²) in [4.78, 5) is 4.26. The van der Waals surface area contributed by atoms with Crippen molar-refractivity contribution in [3.05, 3.63) is 52.0 Å². The van der Waals surface area contributed by atoms with E-state index in [0.717, 1.165) is 49.1 Å². The average Bonchev–Trinajstić information content (AvgIpc) is 3.43. The van der Waals surface area contributed by atoms with E-state index in [1.54, 1.807) is 30.5 Å². The van der Waals surface area contributed by atoms with Crippen LogP contribution in [-0.4, -0.2) is 67.7 Å². The van der Waals surface area contributed by atoms with Gasteiger partial charge in [-0.05, 0) is 34.0 Å². The zero-order valence-electron chi connectivity index (χ0n) is 17.1. The van der Waals surface area contributed by atoms with Crippen molar-refractivity contribution < 1.29 is 19.3 Å². The fourth-order valence-corrected chi connectivity index (χ4v) is 4.65. The van der Waals surface area contributed by atoms with Gasteiger partial charge in [0.1, 0.15) is 37.7 Å². The second-order valence-electron chi connectivity index (χ2n) is 7.43. The zero-order valence-corrected chi connectivity index (χ0v) is 17.9. The largest absolute Gasteiger partial charge is 0.497 e. The molecule has 1 aliphatic rings. The van der Waals surface area contributed by atoms with Crippen LogP contribution in [0.3, 0.4) is 0 Å². The molecule has 4 rings (SSSR count). The first kappa shape index (κ1) is 19.8. The third-order valence-corrected chi connectivity index (χ3v) is 6.47. The molecule has 1 saturated heterocycles. The van der Waals surface area contributed by atoms with Gasteiger partial charge in [0.25, 0.3) is 0 Å². The van der Waals surface area contributed by atoms with Crippen LogP contribution in [0, 0.1) is 0 Å². The van der Waals surface area contributed by atoms with Crippen molar-refractivity contribution in [2.45, 2.75) is 12.6 Å². The summed E-state index contributed by atoms with van der Waals surface area (Å²) < 4.78 is 13.1. The summed E-state index contributed by atoms with van der Waals surface area (Å²) in [6.45, 7) is 5.02. The second-order valence-corrected chi connectivity index (χ2v) is 8.46. The van der Waals surface area contributed by atoms with Crippen LogP contribution in [0.25, 0.3) is 0 Å². The Hall–Kier alpha value is -2.49. The van der Waals surface area contributed by atoms with Gasteiger partial charge in [0, 0.05) is 10.9 Å². The number of thiophene rings is 1. The lowest BCUT2D eigenvalue weighted by Gasteiger charge is -2.33. The van der Waals surface area contributed by atoms with Crippen molar-refractivity contribution in [2.24, 2.45) is 0 Å². The highest BCUT2D eigenvalue weighted by Crippen LogP contribution is 2.31. The summed E-state index contributed by atoms with van der Waals surface area (Å²) in [6, 6.07) is 10.2.